The van der Waals surface area contributed by atoms with Crippen LogP contribution in [0.3, 0.4) is 0 Å². The fourth-order valence-corrected chi connectivity index (χ4v) is 5.73. The van der Waals surface area contributed by atoms with Crippen LogP contribution in [-0.2, 0) is 6.42 Å². The highest BCUT2D eigenvalue weighted by Gasteiger charge is 2.33. The summed E-state index contributed by atoms with van der Waals surface area (Å²) < 4.78 is 2.05. The van der Waals surface area contributed by atoms with Crippen molar-refractivity contribution < 1.29 is 0 Å². The molecule has 2 aliphatic rings. The Morgan fingerprint density at radius 2 is 1.80 bits per heavy atom. The Morgan fingerprint density at radius 1 is 0.971 bits per heavy atom. The number of fused-ring (bicyclic) bond motifs is 2. The third-order valence-electron chi connectivity index (χ3n) is 8.02. The summed E-state index contributed by atoms with van der Waals surface area (Å²) in [6.07, 6.45) is 16.4. The molecule has 0 bridgehead atoms. The van der Waals surface area contributed by atoms with Crippen LogP contribution in [0.4, 0.5) is 5.69 Å². The lowest BCUT2D eigenvalue weighted by atomic mass is 9.84. The lowest BCUT2D eigenvalue weighted by Crippen LogP contribution is -2.49. The second-order valence-electron chi connectivity index (χ2n) is 10.1. The Hall–Kier alpha value is -3.80. The predicted octanol–water partition coefficient (Wildman–Crippen LogP) is 5.67. The van der Waals surface area contributed by atoms with Crippen molar-refractivity contribution in [1.29, 1.82) is 0 Å². The summed E-state index contributed by atoms with van der Waals surface area (Å²) in [4.78, 5) is 26.0. The normalized spacial score (nSPS) is 16.5. The summed E-state index contributed by atoms with van der Waals surface area (Å²) in [6.45, 7) is 0. The quantitative estimate of drug-likeness (QED) is 0.341. The number of pyridine rings is 1. The van der Waals surface area contributed by atoms with E-state index in [2.05, 4.69) is 56.4 Å². The van der Waals surface area contributed by atoms with Crippen LogP contribution in [0.25, 0.3) is 27.7 Å². The molecule has 2 N–H and O–H groups in total. The van der Waals surface area contributed by atoms with E-state index < -0.39 is 0 Å². The van der Waals surface area contributed by atoms with E-state index in [1.807, 2.05) is 28.9 Å². The number of rotatable bonds is 6. The highest BCUT2D eigenvalue weighted by molar-refractivity contribution is 5.94. The van der Waals surface area contributed by atoms with Gasteiger partial charge in [0.1, 0.15) is 11.2 Å². The molecule has 0 atom stereocenters. The Bertz CT molecular complexity index is 1570. The number of H-pyrrole nitrogens is 2. The maximum absolute atomic E-state index is 12.7. The maximum Gasteiger partial charge on any atom is 0.272 e. The molecule has 0 radical (unpaired) electrons. The fraction of sp³-hybridized carbons (Fsp3) is 0.310. The van der Waals surface area contributed by atoms with Crippen molar-refractivity contribution in [2.24, 2.45) is 0 Å². The molecule has 4 heterocycles. The van der Waals surface area contributed by atoms with Crippen molar-refractivity contribution in [2.45, 2.75) is 57.0 Å². The molecule has 0 spiro atoms. The molecule has 0 unspecified atom stereocenters. The number of nitrogens with one attached hydrogen (secondary N) is 2. The minimum Gasteiger partial charge on any atom is -0.366 e. The highest BCUT2D eigenvalue weighted by atomic mass is 16.1. The molecule has 5 aromatic rings. The molecule has 4 aromatic heterocycles. The topological polar surface area (TPSA) is 69.2 Å². The number of aromatic nitrogens is 4. The van der Waals surface area contributed by atoms with Gasteiger partial charge in [-0.05, 0) is 74.4 Å². The van der Waals surface area contributed by atoms with E-state index in [0.29, 0.717) is 17.6 Å². The third-order valence-corrected chi connectivity index (χ3v) is 8.02. The van der Waals surface area contributed by atoms with Crippen LogP contribution in [0.15, 0.2) is 72.0 Å². The molecule has 7 rings (SSSR count). The Labute approximate surface area is 203 Å². The number of hydrogen-bond donors (Lipinski definition) is 2. The predicted molar refractivity (Wildman–Crippen MR) is 140 cm³/mol. The number of benzene rings is 1. The molecular weight excluding hydrogens is 434 g/mol. The zero-order valence-electron chi connectivity index (χ0n) is 19.7. The monoisotopic (exact) mass is 463 g/mol. The first-order valence-electron chi connectivity index (χ1n) is 12.8. The number of anilines is 1. The average Bonchev–Trinajstić information content (AvgIpc) is 3.44. The van der Waals surface area contributed by atoms with Gasteiger partial charge in [0.15, 0.2) is 0 Å². The van der Waals surface area contributed by atoms with Gasteiger partial charge in [-0.15, -0.1) is 0 Å². The molecule has 2 aliphatic carbocycles. The van der Waals surface area contributed by atoms with Gasteiger partial charge >= 0.3 is 0 Å². The van der Waals surface area contributed by atoms with E-state index in [4.69, 9.17) is 0 Å². The van der Waals surface area contributed by atoms with Gasteiger partial charge in [0.2, 0.25) is 0 Å². The van der Waals surface area contributed by atoms with Crippen LogP contribution in [0.2, 0.25) is 0 Å². The van der Waals surface area contributed by atoms with Gasteiger partial charge in [-0.3, -0.25) is 4.79 Å². The summed E-state index contributed by atoms with van der Waals surface area (Å²) in [6, 6.07) is 16.4. The van der Waals surface area contributed by atoms with Crippen molar-refractivity contribution in [1.82, 2.24) is 19.4 Å². The maximum atomic E-state index is 12.7. The second kappa shape index (κ2) is 8.15. The first kappa shape index (κ1) is 20.6. The van der Waals surface area contributed by atoms with E-state index in [1.165, 1.54) is 49.8 Å². The van der Waals surface area contributed by atoms with Gasteiger partial charge in [0.25, 0.3) is 5.56 Å². The lowest BCUT2D eigenvalue weighted by molar-refractivity contribution is 0.296. The number of hydrogen-bond acceptors (Lipinski definition) is 3. The average molecular weight is 464 g/mol. The van der Waals surface area contributed by atoms with Gasteiger partial charge in [-0.2, -0.15) is 0 Å². The zero-order valence-corrected chi connectivity index (χ0v) is 19.7. The summed E-state index contributed by atoms with van der Waals surface area (Å²) in [7, 11) is 0. The van der Waals surface area contributed by atoms with Gasteiger partial charge in [-0.25, -0.2) is 4.98 Å². The van der Waals surface area contributed by atoms with E-state index >= 15 is 0 Å². The Kier molecular flexibility index (Phi) is 4.79. The number of nitrogens with zero attached hydrogens (tertiary/aromatic N) is 3. The lowest BCUT2D eigenvalue weighted by Gasteiger charge is -2.48. The minimum absolute atomic E-state index is 0.0761. The first-order chi connectivity index (χ1) is 17.2. The van der Waals surface area contributed by atoms with Crippen molar-refractivity contribution in [3.63, 3.8) is 0 Å². The van der Waals surface area contributed by atoms with E-state index in [-0.39, 0.29) is 5.56 Å². The SMILES string of the molecule is O=c1[nH]cc(Cc2cccc(N(C3CCC3)C3CCC3)c2)n2cc(-c3c[nH]c4ncccc34)cc12. The molecule has 0 saturated heterocycles. The van der Waals surface area contributed by atoms with Gasteiger partial charge in [0, 0.05) is 71.2 Å². The van der Waals surface area contributed by atoms with E-state index in [1.54, 1.807) is 6.20 Å². The molecule has 176 valence electrons. The van der Waals surface area contributed by atoms with E-state index in [0.717, 1.165) is 34.3 Å². The fourth-order valence-electron chi connectivity index (χ4n) is 5.73. The number of aromatic amines is 2. The third kappa shape index (κ3) is 3.47. The van der Waals surface area contributed by atoms with Crippen molar-refractivity contribution >= 4 is 22.2 Å². The summed E-state index contributed by atoms with van der Waals surface area (Å²) in [5.74, 6) is 0. The summed E-state index contributed by atoms with van der Waals surface area (Å²) >= 11 is 0. The summed E-state index contributed by atoms with van der Waals surface area (Å²) in [5, 5.41) is 1.06. The van der Waals surface area contributed by atoms with Crippen molar-refractivity contribution in [2.75, 3.05) is 4.90 Å². The molecule has 2 fully saturated rings. The highest BCUT2D eigenvalue weighted by Crippen LogP contribution is 2.38. The Balaban J connectivity index is 1.25. The smallest absolute Gasteiger partial charge is 0.272 e. The molecule has 6 nitrogen and oxygen atoms in total. The standard InChI is InChI=1S/C29H29N5O/c35-29-27-15-20(26-17-31-28-25(26)11-4-12-30-28)18-33(27)24(16-32-29)14-19-5-1-10-23(13-19)34(21-6-2-7-21)22-8-3-9-22/h1,4-5,10-13,15-18,21-22H,2-3,6-9,14H2,(H,30,31)(H,32,35). The largest absolute Gasteiger partial charge is 0.366 e. The van der Waals surface area contributed by atoms with Crippen molar-refractivity contribution in [3.05, 3.63) is 88.9 Å². The molecular formula is C29H29N5O. The van der Waals surface area contributed by atoms with Gasteiger partial charge in [-0.1, -0.05) is 12.1 Å². The van der Waals surface area contributed by atoms with Gasteiger partial charge < -0.3 is 19.3 Å². The second-order valence-corrected chi connectivity index (χ2v) is 10.1. The molecule has 0 aliphatic heterocycles. The van der Waals surface area contributed by atoms with Crippen LogP contribution >= 0.6 is 0 Å². The van der Waals surface area contributed by atoms with Crippen molar-refractivity contribution in [3.8, 4) is 11.1 Å². The molecule has 0 amide bonds. The minimum atomic E-state index is -0.0761. The summed E-state index contributed by atoms with van der Waals surface area (Å²) in [5.41, 5.74) is 7.21. The van der Waals surface area contributed by atoms with E-state index in [9.17, 15) is 4.79 Å². The van der Waals surface area contributed by atoms with Crippen LogP contribution in [-0.4, -0.2) is 31.4 Å². The molecule has 2 saturated carbocycles. The first-order valence-corrected chi connectivity index (χ1v) is 12.8. The van der Waals surface area contributed by atoms with Crippen LogP contribution < -0.4 is 10.5 Å². The molecule has 6 heteroatoms. The molecule has 35 heavy (non-hydrogen) atoms. The molecule has 1 aromatic carbocycles. The zero-order chi connectivity index (χ0) is 23.4. The van der Waals surface area contributed by atoms with Crippen LogP contribution in [0.1, 0.15) is 49.8 Å². The Morgan fingerprint density at radius 3 is 2.57 bits per heavy atom. The van der Waals surface area contributed by atoms with Crippen LogP contribution in [0, 0.1) is 0 Å². The van der Waals surface area contributed by atoms with Gasteiger partial charge in [0.05, 0.1) is 0 Å². The van der Waals surface area contributed by atoms with Crippen LogP contribution in [0.5, 0.6) is 0 Å².